The van der Waals surface area contributed by atoms with Crippen molar-refractivity contribution < 1.29 is 17.9 Å². The molecule has 0 aliphatic rings. The average Bonchev–Trinajstić information content (AvgIpc) is 2.80. The molecule has 168 valence electrons. The van der Waals surface area contributed by atoms with Crippen LogP contribution in [0.15, 0.2) is 77.7 Å². The molecule has 10 heteroatoms. The van der Waals surface area contributed by atoms with E-state index in [4.69, 9.17) is 24.8 Å². The second kappa shape index (κ2) is 10.5. The van der Waals surface area contributed by atoms with E-state index < -0.39 is 15.9 Å². The number of ether oxygens (including phenoxy) is 1. The van der Waals surface area contributed by atoms with Crippen molar-refractivity contribution in [2.75, 3.05) is 23.3 Å². The lowest BCUT2D eigenvalue weighted by Crippen LogP contribution is -2.34. The van der Waals surface area contributed by atoms with E-state index in [1.807, 2.05) is 6.07 Å². The highest BCUT2D eigenvalue weighted by Crippen LogP contribution is 2.24. The molecule has 3 aromatic rings. The Kier molecular flexibility index (Phi) is 7.73. The van der Waals surface area contributed by atoms with Gasteiger partial charge >= 0.3 is 0 Å². The van der Waals surface area contributed by atoms with Gasteiger partial charge in [-0.2, -0.15) is 0 Å². The van der Waals surface area contributed by atoms with Gasteiger partial charge in [0.15, 0.2) is 5.11 Å². The number of hydrogen-bond acceptors (Lipinski definition) is 5. The molecule has 0 heterocycles. The number of thiocarbonyl (C=S) groups is 1. The largest absolute Gasteiger partial charge is 0.496 e. The lowest BCUT2D eigenvalue weighted by molar-refractivity contribution is 0.0975. The summed E-state index contributed by atoms with van der Waals surface area (Å²) in [6.45, 7) is 2.06. The van der Waals surface area contributed by atoms with Gasteiger partial charge in [0.05, 0.1) is 23.3 Å². The summed E-state index contributed by atoms with van der Waals surface area (Å²) in [6.07, 6.45) is 0. The summed E-state index contributed by atoms with van der Waals surface area (Å²) < 4.78 is 32.7. The van der Waals surface area contributed by atoms with Crippen molar-refractivity contribution >= 4 is 57.9 Å². The molecular formula is C23H22BN3O4S2. The van der Waals surface area contributed by atoms with E-state index >= 15 is 0 Å². The molecule has 33 heavy (non-hydrogen) atoms. The zero-order chi connectivity index (χ0) is 24.0. The van der Waals surface area contributed by atoms with Crippen LogP contribution in [0.25, 0.3) is 0 Å². The third-order valence-electron chi connectivity index (χ3n) is 4.73. The number of nitrogens with one attached hydrogen (secondary N) is 2. The highest BCUT2D eigenvalue weighted by molar-refractivity contribution is 7.92. The normalized spacial score (nSPS) is 10.8. The van der Waals surface area contributed by atoms with E-state index in [1.54, 1.807) is 55.5 Å². The molecule has 1 amide bonds. The van der Waals surface area contributed by atoms with Gasteiger partial charge in [0.1, 0.15) is 13.6 Å². The Bertz CT molecular complexity index is 1250. The highest BCUT2D eigenvalue weighted by atomic mass is 32.2. The second-order valence-corrected chi connectivity index (χ2v) is 9.17. The molecule has 0 atom stereocenters. The SMILES string of the molecule is [B]c1ccc(OC)c(C(=O)NC(=S)Nc2ccc(S(=O)(=O)N(CC)c3ccccc3)cc2)c1. The monoisotopic (exact) mass is 479 g/mol. The number of carbonyl (C=O) groups excluding carboxylic acids is 1. The Labute approximate surface area is 200 Å². The molecule has 3 rings (SSSR count). The first-order valence-electron chi connectivity index (χ1n) is 10.00. The molecular weight excluding hydrogens is 457 g/mol. The smallest absolute Gasteiger partial charge is 0.264 e. The fraction of sp³-hybridized carbons (Fsp3) is 0.130. The third kappa shape index (κ3) is 5.71. The lowest BCUT2D eigenvalue weighted by atomic mass is 9.94. The van der Waals surface area contributed by atoms with Gasteiger partial charge in [0.25, 0.3) is 15.9 Å². The van der Waals surface area contributed by atoms with E-state index in [0.29, 0.717) is 22.6 Å². The van der Waals surface area contributed by atoms with Crippen LogP contribution in [0, 0.1) is 0 Å². The van der Waals surface area contributed by atoms with Gasteiger partial charge in [-0.05, 0) is 61.6 Å². The second-order valence-electron chi connectivity index (χ2n) is 6.90. The summed E-state index contributed by atoms with van der Waals surface area (Å²) in [5, 5.41) is 5.47. The maximum Gasteiger partial charge on any atom is 0.264 e. The minimum Gasteiger partial charge on any atom is -0.496 e. The van der Waals surface area contributed by atoms with Crippen molar-refractivity contribution in [2.24, 2.45) is 0 Å². The first kappa shape index (κ1) is 24.3. The van der Waals surface area contributed by atoms with Gasteiger partial charge < -0.3 is 10.1 Å². The Morgan fingerprint density at radius 1 is 1.06 bits per heavy atom. The van der Waals surface area contributed by atoms with Crippen molar-refractivity contribution in [3.05, 3.63) is 78.4 Å². The summed E-state index contributed by atoms with van der Waals surface area (Å²) in [5.74, 6) is -0.129. The fourth-order valence-electron chi connectivity index (χ4n) is 3.16. The van der Waals surface area contributed by atoms with Gasteiger partial charge in [-0.3, -0.25) is 14.4 Å². The van der Waals surface area contributed by atoms with Gasteiger partial charge in [-0.15, -0.1) is 0 Å². The maximum absolute atomic E-state index is 13.1. The standard InChI is InChI=1S/C23H22BN3O4S2/c1-3-27(18-7-5-4-6-8-18)33(29,30)19-12-10-17(11-13-19)25-23(32)26-22(28)20-15-16(24)9-14-21(20)31-2/h4-15H,3H2,1-2H3,(H2,25,26,28,32). The van der Waals surface area contributed by atoms with Crippen molar-refractivity contribution in [1.82, 2.24) is 5.32 Å². The van der Waals surface area contributed by atoms with E-state index in [1.165, 1.54) is 29.6 Å². The van der Waals surface area contributed by atoms with Gasteiger partial charge in [-0.25, -0.2) is 8.42 Å². The van der Waals surface area contributed by atoms with Crippen molar-refractivity contribution in [3.63, 3.8) is 0 Å². The van der Waals surface area contributed by atoms with Crippen LogP contribution in [-0.4, -0.2) is 40.9 Å². The number of sulfonamides is 1. The van der Waals surface area contributed by atoms with Crippen LogP contribution in [0.5, 0.6) is 5.75 Å². The fourth-order valence-corrected chi connectivity index (χ4v) is 4.84. The van der Waals surface area contributed by atoms with Crippen LogP contribution < -0.4 is 25.1 Å². The summed E-state index contributed by atoms with van der Waals surface area (Å²) >= 11 is 5.21. The molecule has 2 N–H and O–H groups in total. The molecule has 0 saturated carbocycles. The highest BCUT2D eigenvalue weighted by Gasteiger charge is 2.23. The van der Waals surface area contributed by atoms with Gasteiger partial charge in [-0.1, -0.05) is 35.8 Å². The number of para-hydroxylation sites is 1. The topological polar surface area (TPSA) is 87.7 Å². The zero-order valence-corrected chi connectivity index (χ0v) is 19.7. The number of hydrogen-bond donors (Lipinski definition) is 2. The minimum absolute atomic E-state index is 0.0413. The summed E-state index contributed by atoms with van der Waals surface area (Å²) in [6, 6.07) is 19.7. The van der Waals surface area contributed by atoms with Crippen LogP contribution in [0.3, 0.4) is 0 Å². The van der Waals surface area contributed by atoms with Crippen LogP contribution in [0.2, 0.25) is 0 Å². The molecule has 0 aliphatic heterocycles. The van der Waals surface area contributed by atoms with E-state index in [2.05, 4.69) is 10.6 Å². The number of methoxy groups -OCH3 is 1. The molecule has 0 unspecified atom stereocenters. The molecule has 3 aromatic carbocycles. The predicted molar refractivity (Wildman–Crippen MR) is 135 cm³/mol. The number of benzene rings is 3. The molecule has 0 aromatic heterocycles. The minimum atomic E-state index is -3.74. The van der Waals surface area contributed by atoms with E-state index in [9.17, 15) is 13.2 Å². The molecule has 0 aliphatic carbocycles. The molecule has 0 saturated heterocycles. The lowest BCUT2D eigenvalue weighted by Gasteiger charge is -2.23. The Balaban J connectivity index is 1.71. The molecule has 2 radical (unpaired) electrons. The molecule has 0 bridgehead atoms. The Morgan fingerprint density at radius 3 is 2.33 bits per heavy atom. The van der Waals surface area contributed by atoms with E-state index in [-0.39, 0.29) is 22.1 Å². The number of carbonyl (C=O) groups is 1. The van der Waals surface area contributed by atoms with Gasteiger partial charge in [0, 0.05) is 12.2 Å². The first-order valence-corrected chi connectivity index (χ1v) is 11.8. The van der Waals surface area contributed by atoms with Crippen LogP contribution in [0.1, 0.15) is 17.3 Å². The molecule has 0 spiro atoms. The third-order valence-corrected chi connectivity index (χ3v) is 6.85. The number of anilines is 2. The summed E-state index contributed by atoms with van der Waals surface area (Å²) in [4.78, 5) is 12.7. The summed E-state index contributed by atoms with van der Waals surface area (Å²) in [7, 11) is 3.47. The van der Waals surface area contributed by atoms with E-state index in [0.717, 1.165) is 0 Å². The van der Waals surface area contributed by atoms with Crippen molar-refractivity contribution in [1.29, 1.82) is 0 Å². The summed E-state index contributed by atoms with van der Waals surface area (Å²) in [5.41, 5.74) is 1.75. The zero-order valence-electron chi connectivity index (χ0n) is 18.1. The predicted octanol–water partition coefficient (Wildman–Crippen LogP) is 2.83. The maximum atomic E-state index is 13.1. The Hall–Kier alpha value is -3.37. The van der Waals surface area contributed by atoms with Crippen LogP contribution in [0.4, 0.5) is 11.4 Å². The van der Waals surface area contributed by atoms with Crippen molar-refractivity contribution in [3.8, 4) is 5.75 Å². The number of nitrogens with zero attached hydrogens (tertiary/aromatic N) is 1. The van der Waals surface area contributed by atoms with Crippen molar-refractivity contribution in [2.45, 2.75) is 11.8 Å². The molecule has 0 fully saturated rings. The number of rotatable bonds is 7. The molecule has 7 nitrogen and oxygen atoms in total. The first-order chi connectivity index (χ1) is 15.8. The average molecular weight is 479 g/mol. The van der Waals surface area contributed by atoms with Crippen LogP contribution in [-0.2, 0) is 10.0 Å². The quantitative estimate of drug-likeness (QED) is 0.401. The number of amides is 1. The Morgan fingerprint density at radius 2 is 1.73 bits per heavy atom. The van der Waals surface area contributed by atoms with Crippen LogP contribution >= 0.6 is 12.2 Å². The van der Waals surface area contributed by atoms with Gasteiger partial charge in [0.2, 0.25) is 0 Å².